The number of hydrogen-bond donors (Lipinski definition) is 0. The van der Waals surface area contributed by atoms with E-state index in [0.717, 1.165) is 5.69 Å². The number of aromatic nitrogens is 1. The minimum absolute atomic E-state index is 0.204. The minimum atomic E-state index is -0.204. The molecule has 0 radical (unpaired) electrons. The molecule has 0 spiro atoms. The molecule has 0 fully saturated rings. The van der Waals surface area contributed by atoms with E-state index >= 15 is 0 Å². The molecule has 4 rings (SSSR count). The summed E-state index contributed by atoms with van der Waals surface area (Å²) in [5.41, 5.74) is 1.84. The summed E-state index contributed by atoms with van der Waals surface area (Å²) in [5.74, 6) is 0.372. The topological polar surface area (TPSA) is 48.8 Å². The Kier molecular flexibility index (Phi) is 3.06. The highest BCUT2D eigenvalue weighted by Gasteiger charge is 2.39. The molecule has 3 heterocycles. The third-order valence-corrected chi connectivity index (χ3v) is 4.21. The van der Waals surface area contributed by atoms with Gasteiger partial charge >= 0.3 is 0 Å². The molecule has 0 bridgehead atoms. The van der Waals surface area contributed by atoms with Crippen molar-refractivity contribution in [3.8, 4) is 0 Å². The first-order chi connectivity index (χ1) is 10.7. The zero-order chi connectivity index (χ0) is 15.3. The molecule has 2 aliphatic rings. The lowest BCUT2D eigenvalue weighted by molar-refractivity contribution is 0.1000. The first kappa shape index (κ1) is 13.5. The molecule has 1 aromatic carbocycles. The largest absolute Gasteiger partial charge is 0.309 e. The maximum absolute atomic E-state index is 12.9. The number of anilines is 2. The van der Waals surface area contributed by atoms with Crippen molar-refractivity contribution in [3.63, 3.8) is 0 Å². The van der Waals surface area contributed by atoms with Gasteiger partial charge in [0, 0.05) is 18.8 Å². The molecule has 2 aromatic rings. The minimum Gasteiger partial charge on any atom is -0.309 e. The number of rotatable bonds is 1. The van der Waals surface area contributed by atoms with Crippen LogP contribution in [0.5, 0.6) is 0 Å². The van der Waals surface area contributed by atoms with Crippen molar-refractivity contribution < 1.29 is 4.79 Å². The molecule has 2 aliphatic heterocycles. The van der Waals surface area contributed by atoms with Crippen molar-refractivity contribution in [2.24, 2.45) is 4.99 Å². The maximum Gasteiger partial charge on any atom is 0.268 e. The number of carbonyl (C=O) groups is 1. The maximum atomic E-state index is 12.9. The molecule has 1 aromatic heterocycles. The van der Waals surface area contributed by atoms with Gasteiger partial charge in [0.1, 0.15) is 5.15 Å². The van der Waals surface area contributed by atoms with Crippen molar-refractivity contribution in [1.29, 1.82) is 0 Å². The van der Waals surface area contributed by atoms with Crippen molar-refractivity contribution >= 4 is 46.4 Å². The zero-order valence-electron chi connectivity index (χ0n) is 11.3. The molecule has 5 nitrogen and oxygen atoms in total. The normalized spacial score (nSPS) is 16.5. The monoisotopic (exact) mass is 332 g/mol. The van der Waals surface area contributed by atoms with Gasteiger partial charge in [0.25, 0.3) is 5.91 Å². The summed E-state index contributed by atoms with van der Waals surface area (Å²) in [5, 5.41) is 0.847. The van der Waals surface area contributed by atoms with Crippen LogP contribution in [0.15, 0.2) is 41.5 Å². The Hall–Kier alpha value is -2.11. The van der Waals surface area contributed by atoms with E-state index in [1.165, 1.54) is 11.1 Å². The van der Waals surface area contributed by atoms with E-state index < -0.39 is 0 Å². The van der Waals surface area contributed by atoms with Gasteiger partial charge in [0.2, 0.25) is 5.96 Å². The fourth-order valence-electron chi connectivity index (χ4n) is 2.72. The standard InChI is InChI=1S/C15H10Cl2N4O/c16-10-3-1-2-4-11(10)21-14(22)9-8-19-13(17)7-12(9)20-6-5-18-15(20)21/h1-4,7-8H,5-6H2. The van der Waals surface area contributed by atoms with Crippen LogP contribution in [-0.2, 0) is 0 Å². The number of halogens is 2. The number of fused-ring (bicyclic) bond motifs is 3. The van der Waals surface area contributed by atoms with Crippen LogP contribution in [0.3, 0.4) is 0 Å². The fourth-order valence-corrected chi connectivity index (χ4v) is 3.10. The second kappa shape index (κ2) is 4.97. The van der Waals surface area contributed by atoms with E-state index in [-0.39, 0.29) is 5.91 Å². The lowest BCUT2D eigenvalue weighted by Gasteiger charge is -2.35. The number of pyridine rings is 1. The van der Waals surface area contributed by atoms with Crippen molar-refractivity contribution in [2.75, 3.05) is 22.9 Å². The number of carbonyl (C=O) groups excluding carboxylic acids is 1. The number of nitrogens with zero attached hydrogens (tertiary/aromatic N) is 4. The highest BCUT2D eigenvalue weighted by atomic mass is 35.5. The Morgan fingerprint density at radius 2 is 1.95 bits per heavy atom. The van der Waals surface area contributed by atoms with Gasteiger partial charge < -0.3 is 4.90 Å². The second-order valence-corrected chi connectivity index (χ2v) is 5.74. The molecule has 0 N–H and O–H groups in total. The molecule has 0 atom stereocenters. The summed E-state index contributed by atoms with van der Waals surface area (Å²) in [6, 6.07) is 8.90. The summed E-state index contributed by atoms with van der Waals surface area (Å²) in [7, 11) is 0. The van der Waals surface area contributed by atoms with Crippen molar-refractivity contribution in [1.82, 2.24) is 4.98 Å². The summed E-state index contributed by atoms with van der Waals surface area (Å²) in [4.78, 5) is 24.9. The Morgan fingerprint density at radius 3 is 2.77 bits per heavy atom. The number of hydrogen-bond acceptors (Lipinski definition) is 4. The van der Waals surface area contributed by atoms with E-state index in [2.05, 4.69) is 9.98 Å². The average Bonchev–Trinajstić information content (AvgIpc) is 2.98. The highest BCUT2D eigenvalue weighted by Crippen LogP contribution is 2.36. The molecule has 0 saturated heterocycles. The summed E-state index contributed by atoms with van der Waals surface area (Å²) in [6.45, 7) is 1.31. The van der Waals surface area contributed by atoms with Gasteiger partial charge in [-0.05, 0) is 12.1 Å². The lowest BCUT2D eigenvalue weighted by atomic mass is 10.1. The van der Waals surface area contributed by atoms with Crippen molar-refractivity contribution in [3.05, 3.63) is 52.3 Å². The second-order valence-electron chi connectivity index (χ2n) is 4.95. The number of aliphatic imine (C=N–C) groups is 1. The summed E-state index contributed by atoms with van der Waals surface area (Å²) < 4.78 is 0. The molecule has 22 heavy (non-hydrogen) atoms. The number of guanidine groups is 1. The van der Waals surface area contributed by atoms with Crippen LogP contribution in [0.1, 0.15) is 10.4 Å². The van der Waals surface area contributed by atoms with Crippen LogP contribution >= 0.6 is 23.2 Å². The van der Waals surface area contributed by atoms with Crippen molar-refractivity contribution in [2.45, 2.75) is 0 Å². The summed E-state index contributed by atoms with van der Waals surface area (Å²) >= 11 is 12.2. The van der Waals surface area contributed by atoms with Crippen LogP contribution < -0.4 is 9.80 Å². The van der Waals surface area contributed by atoms with Gasteiger partial charge in [-0.15, -0.1) is 0 Å². The zero-order valence-corrected chi connectivity index (χ0v) is 12.8. The first-order valence-electron chi connectivity index (χ1n) is 6.73. The van der Waals surface area contributed by atoms with E-state index in [1.54, 1.807) is 18.2 Å². The molecular formula is C15H10Cl2N4O. The van der Waals surface area contributed by atoms with Crippen LogP contribution in [0.4, 0.5) is 11.4 Å². The lowest BCUT2D eigenvalue weighted by Crippen LogP contribution is -2.50. The highest BCUT2D eigenvalue weighted by molar-refractivity contribution is 6.38. The first-order valence-corrected chi connectivity index (χ1v) is 7.49. The predicted molar refractivity (Wildman–Crippen MR) is 87.2 cm³/mol. The molecule has 0 saturated carbocycles. The molecule has 1 amide bonds. The molecule has 0 unspecified atom stereocenters. The SMILES string of the molecule is O=C1c2cnc(Cl)cc2N2CCN=C2N1c1ccccc1Cl. The van der Waals surface area contributed by atoms with E-state index in [4.69, 9.17) is 23.2 Å². The van der Waals surface area contributed by atoms with Gasteiger partial charge in [0.05, 0.1) is 28.5 Å². The Morgan fingerprint density at radius 1 is 1.14 bits per heavy atom. The molecule has 7 heteroatoms. The van der Waals surface area contributed by atoms with Gasteiger partial charge in [-0.2, -0.15) is 0 Å². The number of para-hydroxylation sites is 1. The van der Waals surface area contributed by atoms with Gasteiger partial charge in [-0.1, -0.05) is 35.3 Å². The van der Waals surface area contributed by atoms with Crippen LogP contribution in [0.2, 0.25) is 10.2 Å². The third kappa shape index (κ3) is 1.90. The fraction of sp³-hybridized carbons (Fsp3) is 0.133. The summed E-state index contributed by atoms with van der Waals surface area (Å²) in [6.07, 6.45) is 1.50. The number of amides is 1. The molecular weight excluding hydrogens is 323 g/mol. The molecule has 110 valence electrons. The van der Waals surface area contributed by atoms with Gasteiger partial charge in [-0.25, -0.2) is 9.88 Å². The molecule has 0 aliphatic carbocycles. The van der Waals surface area contributed by atoms with Crippen LogP contribution in [-0.4, -0.2) is 29.9 Å². The predicted octanol–water partition coefficient (Wildman–Crippen LogP) is 3.22. The van der Waals surface area contributed by atoms with Crippen LogP contribution in [0, 0.1) is 0 Å². The van der Waals surface area contributed by atoms with Crippen LogP contribution in [0.25, 0.3) is 0 Å². The average molecular weight is 333 g/mol. The number of benzene rings is 1. The van der Waals surface area contributed by atoms with E-state index in [9.17, 15) is 4.79 Å². The van der Waals surface area contributed by atoms with Gasteiger partial charge in [-0.3, -0.25) is 9.79 Å². The quantitative estimate of drug-likeness (QED) is 0.753. The Balaban J connectivity index is 1.93. The smallest absolute Gasteiger partial charge is 0.268 e. The van der Waals surface area contributed by atoms with Gasteiger partial charge in [0.15, 0.2) is 0 Å². The third-order valence-electron chi connectivity index (χ3n) is 3.68. The van der Waals surface area contributed by atoms with E-state index in [0.29, 0.717) is 40.5 Å². The Labute approximate surface area is 136 Å². The van der Waals surface area contributed by atoms with E-state index in [1.807, 2.05) is 17.0 Å². The Bertz CT molecular complexity index is 821.